The van der Waals surface area contributed by atoms with Crippen LogP contribution in [0, 0.1) is 5.92 Å². The Bertz CT molecular complexity index is 111. The Morgan fingerprint density at radius 2 is 2.11 bits per heavy atom. The molecule has 2 nitrogen and oxygen atoms in total. The largest absolute Gasteiger partial charge is 0.396 e. The van der Waals surface area contributed by atoms with Crippen LogP contribution in [0.25, 0.3) is 0 Å². The van der Waals surface area contributed by atoms with Crippen molar-refractivity contribution in [2.24, 2.45) is 11.7 Å². The molecule has 9 heavy (non-hydrogen) atoms. The molecule has 1 aliphatic rings. The van der Waals surface area contributed by atoms with Gasteiger partial charge in [0, 0.05) is 18.6 Å². The maximum Gasteiger partial charge on any atom is 0.0477 e. The molecule has 2 heteroatoms. The van der Waals surface area contributed by atoms with Crippen LogP contribution in [0.2, 0.25) is 0 Å². The zero-order valence-electron chi connectivity index (χ0n) is 5.46. The van der Waals surface area contributed by atoms with Gasteiger partial charge in [-0.1, -0.05) is 12.2 Å². The Morgan fingerprint density at radius 3 is 2.56 bits per heavy atom. The molecule has 0 aromatic heterocycles. The Balaban J connectivity index is 2.43. The fraction of sp³-hybridized carbons (Fsp3) is 0.714. The van der Waals surface area contributed by atoms with Gasteiger partial charge in [-0.3, -0.25) is 0 Å². The first-order valence-electron chi connectivity index (χ1n) is 3.36. The van der Waals surface area contributed by atoms with Crippen LogP contribution in [0.15, 0.2) is 12.2 Å². The Morgan fingerprint density at radius 1 is 1.44 bits per heavy atom. The van der Waals surface area contributed by atoms with Crippen molar-refractivity contribution < 1.29 is 5.11 Å². The van der Waals surface area contributed by atoms with Crippen LogP contribution >= 0.6 is 0 Å². The monoisotopic (exact) mass is 127 g/mol. The van der Waals surface area contributed by atoms with Crippen LogP contribution in [0.4, 0.5) is 0 Å². The number of aliphatic hydroxyl groups is 1. The first kappa shape index (κ1) is 6.78. The Labute approximate surface area is 55.4 Å². The van der Waals surface area contributed by atoms with E-state index in [1.165, 1.54) is 0 Å². The van der Waals surface area contributed by atoms with E-state index < -0.39 is 0 Å². The lowest BCUT2D eigenvalue weighted by Crippen LogP contribution is -2.33. The first-order valence-corrected chi connectivity index (χ1v) is 3.36. The molecule has 0 aromatic carbocycles. The molecular weight excluding hydrogens is 114 g/mol. The van der Waals surface area contributed by atoms with Crippen molar-refractivity contribution in [3.05, 3.63) is 12.2 Å². The second-order valence-corrected chi connectivity index (χ2v) is 2.55. The van der Waals surface area contributed by atoms with E-state index in [-0.39, 0.29) is 12.6 Å². The molecule has 3 N–H and O–H groups in total. The van der Waals surface area contributed by atoms with Crippen molar-refractivity contribution in [1.82, 2.24) is 0 Å². The Kier molecular flexibility index (Phi) is 2.25. The molecule has 0 radical (unpaired) electrons. The average molecular weight is 127 g/mol. The molecule has 52 valence electrons. The standard InChI is InChI=1S/C7H13NO/c8-7-4-2-1-3-6(7)5-9/h1-2,6-7,9H,3-5,8H2. The summed E-state index contributed by atoms with van der Waals surface area (Å²) < 4.78 is 0. The minimum absolute atomic E-state index is 0.181. The van der Waals surface area contributed by atoms with Gasteiger partial charge in [0.2, 0.25) is 0 Å². The van der Waals surface area contributed by atoms with Crippen molar-refractivity contribution in [3.63, 3.8) is 0 Å². The minimum atomic E-state index is 0.181. The molecule has 0 spiro atoms. The predicted octanol–water partition coefficient (Wildman–Crippen LogP) is 0.272. The fourth-order valence-electron chi connectivity index (χ4n) is 1.10. The van der Waals surface area contributed by atoms with Crippen molar-refractivity contribution in [2.45, 2.75) is 18.9 Å². The highest BCUT2D eigenvalue weighted by molar-refractivity contribution is 4.96. The van der Waals surface area contributed by atoms with E-state index in [1.807, 2.05) is 0 Å². The summed E-state index contributed by atoms with van der Waals surface area (Å²) in [6.45, 7) is 0.228. The van der Waals surface area contributed by atoms with Gasteiger partial charge in [-0.2, -0.15) is 0 Å². The van der Waals surface area contributed by atoms with Gasteiger partial charge in [0.1, 0.15) is 0 Å². The molecule has 1 aliphatic carbocycles. The number of nitrogens with two attached hydrogens (primary N) is 1. The lowest BCUT2D eigenvalue weighted by Gasteiger charge is -2.22. The third kappa shape index (κ3) is 1.53. The number of allylic oxidation sites excluding steroid dienone is 1. The zero-order valence-corrected chi connectivity index (χ0v) is 5.46. The summed E-state index contributed by atoms with van der Waals surface area (Å²) in [6.07, 6.45) is 6.03. The highest BCUT2D eigenvalue weighted by Gasteiger charge is 2.16. The highest BCUT2D eigenvalue weighted by Crippen LogP contribution is 2.15. The molecule has 2 atom stereocenters. The van der Waals surface area contributed by atoms with Gasteiger partial charge in [-0.15, -0.1) is 0 Å². The molecule has 0 saturated carbocycles. The molecule has 0 fully saturated rings. The summed E-state index contributed by atoms with van der Waals surface area (Å²) in [5.74, 6) is 0.301. The molecule has 0 amide bonds. The van der Waals surface area contributed by atoms with E-state index >= 15 is 0 Å². The van der Waals surface area contributed by atoms with E-state index in [1.54, 1.807) is 0 Å². The van der Waals surface area contributed by atoms with Crippen LogP contribution in [-0.4, -0.2) is 17.8 Å². The zero-order chi connectivity index (χ0) is 6.69. The molecule has 2 unspecified atom stereocenters. The summed E-state index contributed by atoms with van der Waals surface area (Å²) in [5.41, 5.74) is 5.68. The lowest BCUT2D eigenvalue weighted by atomic mass is 9.91. The van der Waals surface area contributed by atoms with Crippen molar-refractivity contribution in [1.29, 1.82) is 0 Å². The molecule has 0 bridgehead atoms. The number of hydrogen-bond donors (Lipinski definition) is 2. The third-order valence-corrected chi connectivity index (χ3v) is 1.85. The maximum absolute atomic E-state index is 8.75. The van der Waals surface area contributed by atoms with Gasteiger partial charge in [-0.05, 0) is 12.8 Å². The van der Waals surface area contributed by atoms with E-state index in [0.717, 1.165) is 12.8 Å². The maximum atomic E-state index is 8.75. The topological polar surface area (TPSA) is 46.2 Å². The molecule has 1 rings (SSSR count). The fourth-order valence-corrected chi connectivity index (χ4v) is 1.10. The van der Waals surface area contributed by atoms with E-state index in [0.29, 0.717) is 5.92 Å². The summed E-state index contributed by atoms with van der Waals surface area (Å²) in [6, 6.07) is 0.181. The van der Waals surface area contributed by atoms with Crippen molar-refractivity contribution in [3.8, 4) is 0 Å². The highest BCUT2D eigenvalue weighted by atomic mass is 16.3. The van der Waals surface area contributed by atoms with Crippen LogP contribution in [0.1, 0.15) is 12.8 Å². The van der Waals surface area contributed by atoms with Crippen LogP contribution < -0.4 is 5.73 Å². The number of aliphatic hydroxyl groups excluding tert-OH is 1. The van der Waals surface area contributed by atoms with Gasteiger partial charge in [-0.25, -0.2) is 0 Å². The Hall–Kier alpha value is -0.340. The minimum Gasteiger partial charge on any atom is -0.396 e. The van der Waals surface area contributed by atoms with E-state index in [4.69, 9.17) is 10.8 Å². The molecule has 0 saturated heterocycles. The van der Waals surface area contributed by atoms with E-state index in [9.17, 15) is 0 Å². The van der Waals surface area contributed by atoms with Crippen LogP contribution in [0.3, 0.4) is 0 Å². The summed E-state index contributed by atoms with van der Waals surface area (Å²) in [4.78, 5) is 0. The number of hydrogen-bond acceptors (Lipinski definition) is 2. The quantitative estimate of drug-likeness (QED) is 0.497. The summed E-state index contributed by atoms with van der Waals surface area (Å²) in [5, 5.41) is 8.75. The predicted molar refractivity (Wildman–Crippen MR) is 36.9 cm³/mol. The van der Waals surface area contributed by atoms with Crippen molar-refractivity contribution >= 4 is 0 Å². The van der Waals surface area contributed by atoms with Crippen molar-refractivity contribution in [2.75, 3.05) is 6.61 Å². The molecule has 0 aromatic rings. The normalized spacial score (nSPS) is 34.9. The molecular formula is C7H13NO. The van der Waals surface area contributed by atoms with E-state index in [2.05, 4.69) is 12.2 Å². The second kappa shape index (κ2) is 2.99. The average Bonchev–Trinajstić information content (AvgIpc) is 1.89. The van der Waals surface area contributed by atoms with Crippen LogP contribution in [-0.2, 0) is 0 Å². The lowest BCUT2D eigenvalue weighted by molar-refractivity contribution is 0.202. The molecule has 0 heterocycles. The molecule has 0 aliphatic heterocycles. The SMILES string of the molecule is NC1CC=CCC1CO. The summed E-state index contributed by atoms with van der Waals surface area (Å²) in [7, 11) is 0. The van der Waals surface area contributed by atoms with Gasteiger partial charge >= 0.3 is 0 Å². The third-order valence-electron chi connectivity index (χ3n) is 1.85. The van der Waals surface area contributed by atoms with Gasteiger partial charge in [0.25, 0.3) is 0 Å². The van der Waals surface area contributed by atoms with Crippen LogP contribution in [0.5, 0.6) is 0 Å². The smallest absolute Gasteiger partial charge is 0.0477 e. The number of rotatable bonds is 1. The second-order valence-electron chi connectivity index (χ2n) is 2.55. The van der Waals surface area contributed by atoms with Gasteiger partial charge < -0.3 is 10.8 Å². The summed E-state index contributed by atoms with van der Waals surface area (Å²) >= 11 is 0. The van der Waals surface area contributed by atoms with Gasteiger partial charge in [0.05, 0.1) is 0 Å². The van der Waals surface area contributed by atoms with Gasteiger partial charge in [0.15, 0.2) is 0 Å². The first-order chi connectivity index (χ1) is 4.34.